The zero-order chi connectivity index (χ0) is 27.4. The van der Waals surface area contributed by atoms with Gasteiger partial charge in [0.2, 0.25) is 5.95 Å². The normalized spacial score (nSPS) is 27.1. The third-order valence-corrected chi connectivity index (χ3v) is 7.98. The molecule has 9 nitrogen and oxygen atoms in total. The highest BCUT2D eigenvalue weighted by molar-refractivity contribution is 5.85. The minimum Gasteiger partial charge on any atom is -0.386 e. The number of alkyl halides is 1. The molecule has 0 spiro atoms. The van der Waals surface area contributed by atoms with Crippen molar-refractivity contribution in [3.63, 3.8) is 0 Å². The number of rotatable bonds is 6. The standard InChI is InChI=1S/C28H33F2N5O4/c1-14(2)35-22-8-16(4-5-19(22)25(36)15(3)23(35)12-34-7-6-17(29)11-34)24-20(30)10-31-28(33-24)32-21-9-18-13-38-27(39-18)26(21)37/h4-5,8,10,14,17-18,21,26-27,37H,6-7,9,11-13H2,1-3H3,(H,31,32,33)/t17-,18-,21+,26-,27+/m0/s1. The van der Waals surface area contributed by atoms with E-state index in [4.69, 9.17) is 9.47 Å². The van der Waals surface area contributed by atoms with Crippen molar-refractivity contribution in [2.45, 2.75) is 76.9 Å². The molecule has 0 saturated carbocycles. The largest absolute Gasteiger partial charge is 0.386 e. The van der Waals surface area contributed by atoms with Gasteiger partial charge in [-0.3, -0.25) is 9.69 Å². The number of anilines is 1. The van der Waals surface area contributed by atoms with Gasteiger partial charge in [0.25, 0.3) is 0 Å². The van der Waals surface area contributed by atoms with Crippen LogP contribution < -0.4 is 10.7 Å². The highest BCUT2D eigenvalue weighted by Crippen LogP contribution is 2.31. The van der Waals surface area contributed by atoms with Crippen LogP contribution in [0.2, 0.25) is 0 Å². The number of ether oxygens (including phenoxy) is 2. The number of hydrogen-bond donors (Lipinski definition) is 2. The SMILES string of the molecule is Cc1c(CN2CC[C@H](F)C2)n(C(C)C)c2cc(-c3nc(N[C@@H]4C[C@H]5CO[C@H](O5)[C@H]4O)ncc3F)ccc2c1=O. The van der Waals surface area contributed by atoms with Gasteiger partial charge in [-0.2, -0.15) is 0 Å². The molecule has 0 unspecified atom stereocenters. The fourth-order valence-electron chi connectivity index (χ4n) is 5.99. The van der Waals surface area contributed by atoms with Gasteiger partial charge >= 0.3 is 0 Å². The third kappa shape index (κ3) is 4.82. The van der Waals surface area contributed by atoms with Gasteiger partial charge < -0.3 is 24.5 Å². The Bertz CT molecular complexity index is 1460. The Morgan fingerprint density at radius 2 is 2.13 bits per heavy atom. The highest BCUT2D eigenvalue weighted by atomic mass is 19.1. The fourth-order valence-corrected chi connectivity index (χ4v) is 5.99. The Hall–Kier alpha value is -2.99. The van der Waals surface area contributed by atoms with Gasteiger partial charge in [0, 0.05) is 47.9 Å². The second kappa shape index (κ2) is 10.2. The summed E-state index contributed by atoms with van der Waals surface area (Å²) in [5.74, 6) is -0.426. The molecule has 5 heterocycles. The first-order valence-corrected chi connectivity index (χ1v) is 13.5. The number of fused-ring (bicyclic) bond motifs is 3. The van der Waals surface area contributed by atoms with Crippen LogP contribution in [0.25, 0.3) is 22.2 Å². The van der Waals surface area contributed by atoms with Crippen molar-refractivity contribution in [3.05, 3.63) is 51.7 Å². The average molecular weight is 542 g/mol. The van der Waals surface area contributed by atoms with Crippen LogP contribution in [0, 0.1) is 12.7 Å². The van der Waals surface area contributed by atoms with E-state index in [1.165, 1.54) is 0 Å². The fraction of sp³-hybridized carbons (Fsp3) is 0.536. The highest BCUT2D eigenvalue weighted by Gasteiger charge is 2.43. The van der Waals surface area contributed by atoms with Crippen molar-refractivity contribution >= 4 is 16.9 Å². The van der Waals surface area contributed by atoms with E-state index < -0.39 is 30.4 Å². The van der Waals surface area contributed by atoms with Crippen molar-refractivity contribution in [2.75, 3.05) is 25.0 Å². The number of hydrogen-bond acceptors (Lipinski definition) is 8. The van der Waals surface area contributed by atoms with Crippen LogP contribution in [-0.2, 0) is 16.0 Å². The molecular weight excluding hydrogens is 508 g/mol. The zero-order valence-corrected chi connectivity index (χ0v) is 22.2. The summed E-state index contributed by atoms with van der Waals surface area (Å²) in [4.78, 5) is 24.0. The number of benzene rings is 1. The van der Waals surface area contributed by atoms with Gasteiger partial charge in [0.15, 0.2) is 17.5 Å². The first-order chi connectivity index (χ1) is 18.7. The third-order valence-electron chi connectivity index (χ3n) is 7.98. The van der Waals surface area contributed by atoms with Crippen LogP contribution in [0.5, 0.6) is 0 Å². The van der Waals surface area contributed by atoms with E-state index in [2.05, 4.69) is 19.9 Å². The Kier molecular flexibility index (Phi) is 6.86. The topological polar surface area (TPSA) is 102 Å². The van der Waals surface area contributed by atoms with E-state index in [0.717, 1.165) is 11.9 Å². The molecule has 11 heteroatoms. The number of pyridine rings is 1. The Morgan fingerprint density at radius 1 is 1.31 bits per heavy atom. The summed E-state index contributed by atoms with van der Waals surface area (Å²) in [6.45, 7) is 7.75. The molecule has 0 amide bonds. The van der Waals surface area contributed by atoms with Crippen molar-refractivity contribution in [2.24, 2.45) is 0 Å². The van der Waals surface area contributed by atoms with Gasteiger partial charge in [0.1, 0.15) is 18.0 Å². The molecule has 1 aromatic carbocycles. The average Bonchev–Trinajstić information content (AvgIpc) is 3.52. The number of likely N-dealkylation sites (tertiary alicyclic amines) is 1. The van der Waals surface area contributed by atoms with Crippen molar-refractivity contribution in [1.29, 1.82) is 0 Å². The number of aliphatic hydroxyl groups is 1. The van der Waals surface area contributed by atoms with Crippen LogP contribution in [0.15, 0.2) is 29.2 Å². The van der Waals surface area contributed by atoms with Crippen molar-refractivity contribution in [3.8, 4) is 11.3 Å². The molecule has 3 saturated heterocycles. The lowest BCUT2D eigenvalue weighted by Crippen LogP contribution is -2.48. The first-order valence-electron chi connectivity index (χ1n) is 13.5. The van der Waals surface area contributed by atoms with E-state index in [0.29, 0.717) is 61.1 Å². The molecule has 3 aliphatic heterocycles. The van der Waals surface area contributed by atoms with E-state index >= 15 is 4.39 Å². The predicted octanol–water partition coefficient (Wildman–Crippen LogP) is 3.32. The van der Waals surface area contributed by atoms with E-state index in [9.17, 15) is 14.3 Å². The monoisotopic (exact) mass is 541 g/mol. The molecular formula is C28H33F2N5O4. The maximum absolute atomic E-state index is 15.1. The summed E-state index contributed by atoms with van der Waals surface area (Å²) < 4.78 is 42.1. The van der Waals surface area contributed by atoms with Gasteiger partial charge in [-0.1, -0.05) is 6.07 Å². The predicted molar refractivity (Wildman–Crippen MR) is 142 cm³/mol. The minimum absolute atomic E-state index is 0.000831. The first kappa shape index (κ1) is 26.2. The van der Waals surface area contributed by atoms with E-state index in [1.54, 1.807) is 18.2 Å². The second-order valence-corrected chi connectivity index (χ2v) is 11.0. The smallest absolute Gasteiger partial charge is 0.223 e. The van der Waals surface area contributed by atoms with Crippen molar-refractivity contribution in [1.82, 2.24) is 19.4 Å². The lowest BCUT2D eigenvalue weighted by Gasteiger charge is -2.32. The molecule has 6 rings (SSSR count). The molecule has 3 aromatic rings. The van der Waals surface area contributed by atoms with Crippen molar-refractivity contribution < 1.29 is 23.4 Å². The van der Waals surface area contributed by atoms with E-state index in [1.807, 2.05) is 25.7 Å². The zero-order valence-electron chi connectivity index (χ0n) is 22.2. The molecule has 0 aliphatic carbocycles. The molecule has 3 fully saturated rings. The quantitative estimate of drug-likeness (QED) is 0.490. The molecule has 2 aromatic heterocycles. The van der Waals surface area contributed by atoms with Crippen LogP contribution in [0.3, 0.4) is 0 Å². The van der Waals surface area contributed by atoms with Crippen LogP contribution in [0.4, 0.5) is 14.7 Å². The van der Waals surface area contributed by atoms with E-state index in [-0.39, 0.29) is 29.2 Å². The maximum atomic E-state index is 15.1. The minimum atomic E-state index is -0.910. The van der Waals surface area contributed by atoms with Crippen LogP contribution >= 0.6 is 0 Å². The lowest BCUT2D eigenvalue weighted by atomic mass is 10.0. The van der Waals surface area contributed by atoms with Gasteiger partial charge in [-0.15, -0.1) is 0 Å². The summed E-state index contributed by atoms with van der Waals surface area (Å²) in [6, 6.07) is 4.78. The summed E-state index contributed by atoms with van der Waals surface area (Å²) >= 11 is 0. The summed E-state index contributed by atoms with van der Waals surface area (Å²) in [5, 5.41) is 14.2. The lowest BCUT2D eigenvalue weighted by molar-refractivity contribution is -0.156. The Morgan fingerprint density at radius 3 is 2.87 bits per heavy atom. The molecule has 2 N–H and O–H groups in total. The Balaban J connectivity index is 1.39. The van der Waals surface area contributed by atoms with Crippen LogP contribution in [0.1, 0.15) is 44.0 Å². The molecule has 2 bridgehead atoms. The molecule has 0 radical (unpaired) electrons. The number of nitrogens with zero attached hydrogens (tertiary/aromatic N) is 4. The number of aliphatic hydroxyl groups excluding tert-OH is 1. The molecule has 5 atom stereocenters. The van der Waals surface area contributed by atoms with Gasteiger partial charge in [-0.05, 0) is 45.7 Å². The number of nitrogens with one attached hydrogen (secondary N) is 1. The second-order valence-electron chi connectivity index (χ2n) is 11.0. The summed E-state index contributed by atoms with van der Waals surface area (Å²) in [5.41, 5.74) is 2.64. The molecule has 208 valence electrons. The number of halogens is 2. The molecule has 39 heavy (non-hydrogen) atoms. The maximum Gasteiger partial charge on any atom is 0.223 e. The molecule has 3 aliphatic rings. The van der Waals surface area contributed by atoms with Gasteiger partial charge in [0.05, 0.1) is 30.5 Å². The number of aromatic nitrogens is 3. The van der Waals surface area contributed by atoms with Gasteiger partial charge in [-0.25, -0.2) is 18.7 Å². The Labute approximate surface area is 224 Å². The van der Waals surface area contributed by atoms with Crippen LogP contribution in [-0.4, -0.2) is 74.9 Å². The summed E-state index contributed by atoms with van der Waals surface area (Å²) in [7, 11) is 0. The summed E-state index contributed by atoms with van der Waals surface area (Å²) in [6.07, 6.45) is -0.501.